The lowest BCUT2D eigenvalue weighted by atomic mass is 10.1. The van der Waals surface area contributed by atoms with Crippen LogP contribution in [0.1, 0.15) is 0 Å². The van der Waals surface area contributed by atoms with Gasteiger partial charge in [0.05, 0.1) is 45.3 Å². The minimum atomic E-state index is -4.96. The highest BCUT2D eigenvalue weighted by Gasteiger charge is 2.24. The highest BCUT2D eigenvalue weighted by atomic mass is 32.2. The Balaban J connectivity index is 1.22. The maximum atomic E-state index is 12.9. The van der Waals surface area contributed by atoms with Crippen LogP contribution in [-0.4, -0.2) is 51.5 Å². The smallest absolute Gasteiger partial charge is 0.296 e. The van der Waals surface area contributed by atoms with Crippen molar-refractivity contribution in [3.8, 4) is 11.5 Å². The Bertz CT molecular complexity index is 2920. The molecule has 0 aliphatic rings. The van der Waals surface area contributed by atoms with Crippen molar-refractivity contribution in [2.45, 2.75) is 19.6 Å². The molecular weight excluding hydrogens is 865 g/mol. The SMILES string of the molecule is Nc1cc(S(=O)(=O)O)cc2cc(SOOO)c(N=Nc3ccc(N=[N+]([O-])c4ccc(N=Nc5c(S(=O)(=O)O)cc6cc(SOOO)cc(N)c6c5O)cc4)cc3)c(O)c12. The largest absolute Gasteiger partial charge is 0.594 e. The molecule has 27 heteroatoms. The summed E-state index contributed by atoms with van der Waals surface area (Å²) in [5.41, 5.74) is 11.4. The van der Waals surface area contributed by atoms with Gasteiger partial charge in [-0.2, -0.15) is 27.1 Å². The average Bonchev–Trinajstić information content (AvgIpc) is 3.18. The van der Waals surface area contributed by atoms with Gasteiger partial charge >= 0.3 is 0 Å². The first-order chi connectivity index (χ1) is 28.0. The third kappa shape index (κ3) is 9.63. The minimum Gasteiger partial charge on any atom is -0.594 e. The summed E-state index contributed by atoms with van der Waals surface area (Å²) in [6.07, 6.45) is 0. The molecule has 6 aromatic rings. The van der Waals surface area contributed by atoms with E-state index in [1.807, 2.05) is 0 Å². The van der Waals surface area contributed by atoms with E-state index >= 15 is 0 Å². The van der Waals surface area contributed by atoms with E-state index in [1.54, 1.807) is 0 Å². The maximum absolute atomic E-state index is 12.9. The van der Waals surface area contributed by atoms with Gasteiger partial charge in [-0.3, -0.25) is 9.11 Å². The lowest BCUT2D eigenvalue weighted by Crippen LogP contribution is -2.00. The number of nitrogen functional groups attached to an aromatic ring is 2. The number of anilines is 2. The summed E-state index contributed by atoms with van der Waals surface area (Å²) in [4.78, 5) is -0.835. The van der Waals surface area contributed by atoms with Gasteiger partial charge in [0.1, 0.15) is 22.0 Å². The molecule has 0 aliphatic heterocycles. The van der Waals surface area contributed by atoms with Crippen LogP contribution in [0.5, 0.6) is 11.5 Å². The van der Waals surface area contributed by atoms with Gasteiger partial charge in [0.15, 0.2) is 11.5 Å². The van der Waals surface area contributed by atoms with E-state index in [-0.39, 0.29) is 76.0 Å². The Morgan fingerprint density at radius 1 is 0.627 bits per heavy atom. The molecule has 0 amide bonds. The van der Waals surface area contributed by atoms with Gasteiger partial charge in [-0.1, -0.05) is 14.9 Å². The lowest BCUT2D eigenvalue weighted by Gasteiger charge is -2.12. The summed E-state index contributed by atoms with van der Waals surface area (Å²) < 4.78 is 76.0. The van der Waals surface area contributed by atoms with E-state index in [9.17, 15) is 41.4 Å². The van der Waals surface area contributed by atoms with Crippen LogP contribution in [0.3, 0.4) is 0 Å². The van der Waals surface area contributed by atoms with Gasteiger partial charge in [0, 0.05) is 44.3 Å². The molecule has 0 bridgehead atoms. The third-order valence-corrected chi connectivity index (χ3v) is 10.7. The van der Waals surface area contributed by atoms with Gasteiger partial charge in [0.25, 0.3) is 20.2 Å². The third-order valence-electron chi connectivity index (χ3n) is 7.86. The fourth-order valence-electron chi connectivity index (χ4n) is 5.35. The zero-order valence-electron chi connectivity index (χ0n) is 28.9. The quantitative estimate of drug-likeness (QED) is 0.00963. The van der Waals surface area contributed by atoms with Crippen molar-refractivity contribution in [1.29, 1.82) is 0 Å². The van der Waals surface area contributed by atoms with Crippen molar-refractivity contribution in [3.05, 3.63) is 90.1 Å². The van der Waals surface area contributed by atoms with Gasteiger partial charge in [-0.15, -0.1) is 18.9 Å². The Morgan fingerprint density at radius 2 is 1.15 bits per heavy atom. The molecule has 6 rings (SSSR count). The molecule has 0 fully saturated rings. The van der Waals surface area contributed by atoms with E-state index in [4.69, 9.17) is 22.0 Å². The minimum absolute atomic E-state index is 0.0162. The molecule has 0 spiro atoms. The first kappa shape index (κ1) is 42.5. The second-order valence-corrected chi connectivity index (χ2v) is 15.9. The van der Waals surface area contributed by atoms with E-state index in [2.05, 4.69) is 44.3 Å². The molecule has 306 valence electrons. The van der Waals surface area contributed by atoms with Crippen LogP contribution in [0.4, 0.5) is 45.5 Å². The van der Waals surface area contributed by atoms with E-state index < -0.39 is 47.2 Å². The topological polar surface area (TPSA) is 366 Å². The summed E-state index contributed by atoms with van der Waals surface area (Å²) in [7, 11) is -9.62. The number of rotatable bonds is 14. The highest BCUT2D eigenvalue weighted by molar-refractivity contribution is 7.95. The second kappa shape index (κ2) is 17.4. The first-order valence-corrected chi connectivity index (χ1v) is 20.0. The number of hydrogen-bond donors (Lipinski definition) is 8. The van der Waals surface area contributed by atoms with Gasteiger partial charge < -0.3 is 26.9 Å². The monoisotopic (exact) mass is 888 g/mol. The molecule has 23 nitrogen and oxygen atoms in total. The summed E-state index contributed by atoms with van der Waals surface area (Å²) in [5, 5.41) is 79.0. The van der Waals surface area contributed by atoms with Crippen LogP contribution in [0.25, 0.3) is 21.5 Å². The van der Waals surface area contributed by atoms with Gasteiger partial charge in [-0.05, 0) is 83.6 Å². The highest BCUT2D eigenvalue weighted by Crippen LogP contribution is 2.47. The number of nitrogens with two attached hydrogens (primary N) is 2. The number of phenols is 2. The Kier molecular flexibility index (Phi) is 12.6. The summed E-state index contributed by atoms with van der Waals surface area (Å²) in [6.45, 7) is 0. The molecule has 10 N–H and O–H groups in total. The van der Waals surface area contributed by atoms with Crippen LogP contribution >= 0.6 is 24.1 Å². The Morgan fingerprint density at radius 3 is 1.75 bits per heavy atom. The zero-order chi connectivity index (χ0) is 42.6. The van der Waals surface area contributed by atoms with Crippen LogP contribution in [0, 0.1) is 5.21 Å². The number of benzene rings is 6. The lowest BCUT2D eigenvalue weighted by molar-refractivity contribution is -0.435. The van der Waals surface area contributed by atoms with Crippen molar-refractivity contribution in [1.82, 2.24) is 0 Å². The Labute approximate surface area is 338 Å². The standard InChI is InChI=1S/C32H24N8O15S4/c33-23-13-21(56-54-52-44)9-15-12-26(59(49,50)51)30(32(42)27(15)23)38-36-18-5-7-20(8-6-18)40(43)39-19-3-1-17(2-4-19)35-37-29-25(57-55-53-45)11-16-10-22(58(46,47)48)14-24(34)28(16)31(29)41/h1-14,41-42,44-45H,33-34H2,(H,46,47,48)(H,49,50,51). The Hall–Kier alpha value is -6.08. The first-order valence-electron chi connectivity index (χ1n) is 15.6. The molecule has 0 saturated heterocycles. The zero-order valence-corrected chi connectivity index (χ0v) is 32.2. The predicted octanol–water partition coefficient (Wildman–Crippen LogP) is 8.68. The molecule has 0 unspecified atom stereocenters. The summed E-state index contributed by atoms with van der Waals surface area (Å²) in [6, 6.07) is 17.9. The number of fused-ring (bicyclic) bond motifs is 2. The molecule has 6 aromatic carbocycles. The van der Waals surface area contributed by atoms with Crippen molar-refractivity contribution in [2.75, 3.05) is 11.5 Å². The number of azo groups is 3. The van der Waals surface area contributed by atoms with Crippen LogP contribution in [0.2, 0.25) is 0 Å². The van der Waals surface area contributed by atoms with E-state index in [0.29, 0.717) is 24.1 Å². The molecule has 0 saturated carbocycles. The molecule has 0 aliphatic carbocycles. The normalized spacial score (nSPS) is 12.7. The molecule has 0 radical (unpaired) electrons. The molecular formula is C32H24N8O15S4. The van der Waals surface area contributed by atoms with E-state index in [1.165, 1.54) is 66.7 Å². The molecule has 59 heavy (non-hydrogen) atoms. The van der Waals surface area contributed by atoms with Gasteiger partial charge in [0.2, 0.25) is 5.69 Å². The van der Waals surface area contributed by atoms with Crippen LogP contribution < -0.4 is 11.5 Å². The number of aromatic hydroxyl groups is 2. The summed E-state index contributed by atoms with van der Waals surface area (Å²) in [5.74, 6) is -1.27. The fraction of sp³-hybridized carbons (Fsp3) is 0. The summed E-state index contributed by atoms with van der Waals surface area (Å²) >= 11 is 0.905. The maximum Gasteiger partial charge on any atom is 0.296 e. The van der Waals surface area contributed by atoms with Gasteiger partial charge in [-0.25, -0.2) is 10.5 Å². The second-order valence-electron chi connectivity index (χ2n) is 11.6. The number of phenolic OH excluding ortho intramolecular Hbond substituents is 2. The number of nitrogens with zero attached hydrogens (tertiary/aromatic N) is 6. The fourth-order valence-corrected chi connectivity index (χ4v) is 7.51. The van der Waals surface area contributed by atoms with Crippen molar-refractivity contribution in [3.63, 3.8) is 0 Å². The van der Waals surface area contributed by atoms with Crippen molar-refractivity contribution >= 4 is 111 Å². The number of hydrogen-bond acceptors (Lipinski definition) is 22. The van der Waals surface area contributed by atoms with Crippen molar-refractivity contribution < 1.29 is 70.3 Å². The molecule has 0 atom stereocenters. The van der Waals surface area contributed by atoms with E-state index in [0.717, 1.165) is 18.2 Å². The van der Waals surface area contributed by atoms with Crippen LogP contribution in [-0.2, 0) is 39.0 Å². The van der Waals surface area contributed by atoms with Crippen molar-refractivity contribution in [2.24, 2.45) is 25.6 Å². The molecule has 0 aromatic heterocycles. The predicted molar refractivity (Wildman–Crippen MR) is 208 cm³/mol. The average molecular weight is 889 g/mol. The van der Waals surface area contributed by atoms with Crippen LogP contribution in [0.15, 0.2) is 130 Å². The molecule has 0 heterocycles.